The average molecular weight is 427 g/mol. The van der Waals surface area contributed by atoms with Crippen molar-refractivity contribution in [1.29, 1.82) is 0 Å². The number of para-hydroxylation sites is 3. The second-order valence-electron chi connectivity index (χ2n) is 7.66. The SMILES string of the molecule is CCc1ccccc1NC(=O)Cn1c(CNC(=O)c2ccccc2C)nc2ccccc21. The summed E-state index contributed by atoms with van der Waals surface area (Å²) in [7, 11) is 0. The Morgan fingerprint density at radius 1 is 0.938 bits per heavy atom. The predicted octanol–water partition coefficient (Wildman–Crippen LogP) is 4.48. The number of hydrogen-bond acceptors (Lipinski definition) is 3. The highest BCUT2D eigenvalue weighted by Crippen LogP contribution is 2.19. The number of aryl methyl sites for hydroxylation is 2. The molecular weight excluding hydrogens is 400 g/mol. The van der Waals surface area contributed by atoms with E-state index in [0.29, 0.717) is 11.4 Å². The zero-order valence-electron chi connectivity index (χ0n) is 18.3. The lowest BCUT2D eigenvalue weighted by molar-refractivity contribution is -0.116. The quantitative estimate of drug-likeness (QED) is 0.458. The first kappa shape index (κ1) is 21.3. The maximum Gasteiger partial charge on any atom is 0.251 e. The molecule has 1 aromatic heterocycles. The summed E-state index contributed by atoms with van der Waals surface area (Å²) < 4.78 is 1.86. The van der Waals surface area contributed by atoms with Gasteiger partial charge in [0, 0.05) is 11.3 Å². The second-order valence-corrected chi connectivity index (χ2v) is 7.66. The van der Waals surface area contributed by atoms with Gasteiger partial charge in [0.1, 0.15) is 12.4 Å². The first-order valence-electron chi connectivity index (χ1n) is 10.7. The van der Waals surface area contributed by atoms with Gasteiger partial charge in [0.05, 0.1) is 17.6 Å². The number of aromatic nitrogens is 2. The van der Waals surface area contributed by atoms with E-state index < -0.39 is 0 Å². The molecule has 0 unspecified atom stereocenters. The maximum absolute atomic E-state index is 12.9. The third kappa shape index (κ3) is 4.54. The second kappa shape index (κ2) is 9.47. The molecule has 0 radical (unpaired) electrons. The first-order chi connectivity index (χ1) is 15.6. The zero-order chi connectivity index (χ0) is 22.5. The van der Waals surface area contributed by atoms with E-state index in [1.807, 2.05) is 78.2 Å². The monoisotopic (exact) mass is 426 g/mol. The van der Waals surface area contributed by atoms with Crippen LogP contribution in [0.15, 0.2) is 72.8 Å². The number of hydrogen-bond donors (Lipinski definition) is 2. The smallest absolute Gasteiger partial charge is 0.251 e. The van der Waals surface area contributed by atoms with Crippen molar-refractivity contribution in [2.75, 3.05) is 5.32 Å². The largest absolute Gasteiger partial charge is 0.345 e. The number of anilines is 1. The summed E-state index contributed by atoms with van der Waals surface area (Å²) in [4.78, 5) is 30.2. The van der Waals surface area contributed by atoms with Gasteiger partial charge in [0.15, 0.2) is 0 Å². The zero-order valence-corrected chi connectivity index (χ0v) is 18.3. The highest BCUT2D eigenvalue weighted by molar-refractivity contribution is 5.95. The Morgan fingerprint density at radius 2 is 1.66 bits per heavy atom. The van der Waals surface area contributed by atoms with Crippen molar-refractivity contribution in [3.63, 3.8) is 0 Å². The number of imidazole rings is 1. The Labute approximate surface area is 187 Å². The summed E-state index contributed by atoms with van der Waals surface area (Å²) in [6, 6.07) is 22.9. The molecule has 0 saturated heterocycles. The third-order valence-electron chi connectivity index (χ3n) is 5.50. The molecule has 0 bridgehead atoms. The van der Waals surface area contributed by atoms with Crippen LogP contribution in [0.4, 0.5) is 5.69 Å². The van der Waals surface area contributed by atoms with E-state index in [4.69, 9.17) is 0 Å². The molecule has 2 amide bonds. The van der Waals surface area contributed by atoms with Crippen LogP contribution in [-0.4, -0.2) is 21.4 Å². The lowest BCUT2D eigenvalue weighted by atomic mass is 10.1. The highest BCUT2D eigenvalue weighted by atomic mass is 16.2. The van der Waals surface area contributed by atoms with Crippen LogP contribution in [0.2, 0.25) is 0 Å². The molecule has 32 heavy (non-hydrogen) atoms. The Balaban J connectivity index is 1.56. The van der Waals surface area contributed by atoms with Crippen molar-refractivity contribution in [2.24, 2.45) is 0 Å². The molecule has 4 rings (SSSR count). The molecule has 6 nitrogen and oxygen atoms in total. The Kier molecular flexibility index (Phi) is 6.31. The lowest BCUT2D eigenvalue weighted by Crippen LogP contribution is -2.27. The highest BCUT2D eigenvalue weighted by Gasteiger charge is 2.16. The van der Waals surface area contributed by atoms with Gasteiger partial charge in [-0.05, 0) is 48.7 Å². The van der Waals surface area contributed by atoms with Crippen LogP contribution in [-0.2, 0) is 24.3 Å². The number of benzene rings is 3. The number of nitrogens with zero attached hydrogens (tertiary/aromatic N) is 2. The van der Waals surface area contributed by atoms with Gasteiger partial charge in [0.25, 0.3) is 5.91 Å². The molecule has 6 heteroatoms. The molecule has 2 N–H and O–H groups in total. The van der Waals surface area contributed by atoms with Crippen molar-refractivity contribution in [3.8, 4) is 0 Å². The maximum atomic E-state index is 12.9. The van der Waals surface area contributed by atoms with E-state index in [2.05, 4.69) is 22.5 Å². The summed E-state index contributed by atoms with van der Waals surface area (Å²) >= 11 is 0. The van der Waals surface area contributed by atoms with E-state index in [1.165, 1.54) is 0 Å². The molecule has 3 aromatic carbocycles. The molecule has 0 spiro atoms. The number of carbonyl (C=O) groups is 2. The fourth-order valence-corrected chi connectivity index (χ4v) is 3.80. The minimum Gasteiger partial charge on any atom is -0.345 e. The molecule has 0 aliphatic rings. The van der Waals surface area contributed by atoms with Crippen molar-refractivity contribution < 1.29 is 9.59 Å². The molecule has 0 aliphatic carbocycles. The van der Waals surface area contributed by atoms with Crippen LogP contribution in [0.5, 0.6) is 0 Å². The number of amides is 2. The van der Waals surface area contributed by atoms with E-state index in [1.54, 1.807) is 6.07 Å². The first-order valence-corrected chi connectivity index (χ1v) is 10.7. The van der Waals surface area contributed by atoms with Crippen LogP contribution in [0.3, 0.4) is 0 Å². The van der Waals surface area contributed by atoms with Crippen LogP contribution < -0.4 is 10.6 Å². The molecule has 162 valence electrons. The van der Waals surface area contributed by atoms with E-state index in [9.17, 15) is 9.59 Å². The fraction of sp³-hybridized carbons (Fsp3) is 0.192. The summed E-state index contributed by atoms with van der Waals surface area (Å²) in [6.07, 6.45) is 0.834. The van der Waals surface area contributed by atoms with Gasteiger partial charge in [-0.25, -0.2) is 4.98 Å². The summed E-state index contributed by atoms with van der Waals surface area (Å²) in [5.41, 5.74) is 5.08. The lowest BCUT2D eigenvalue weighted by Gasteiger charge is -2.13. The number of rotatable bonds is 7. The number of carbonyl (C=O) groups excluding carboxylic acids is 2. The average Bonchev–Trinajstić information content (AvgIpc) is 3.15. The third-order valence-corrected chi connectivity index (χ3v) is 5.50. The Bertz CT molecular complexity index is 1280. The van der Waals surface area contributed by atoms with Crippen molar-refractivity contribution in [2.45, 2.75) is 33.4 Å². The van der Waals surface area contributed by atoms with Crippen molar-refractivity contribution in [3.05, 3.63) is 95.3 Å². The van der Waals surface area contributed by atoms with Crippen LogP contribution >= 0.6 is 0 Å². The van der Waals surface area contributed by atoms with E-state index in [-0.39, 0.29) is 24.9 Å². The van der Waals surface area contributed by atoms with Crippen molar-refractivity contribution in [1.82, 2.24) is 14.9 Å². The normalized spacial score (nSPS) is 10.8. The van der Waals surface area contributed by atoms with Crippen molar-refractivity contribution >= 4 is 28.5 Å². The predicted molar refractivity (Wildman–Crippen MR) is 127 cm³/mol. The van der Waals surface area contributed by atoms with Crippen LogP contribution in [0, 0.1) is 6.92 Å². The van der Waals surface area contributed by atoms with E-state index in [0.717, 1.165) is 34.3 Å². The Morgan fingerprint density at radius 3 is 2.47 bits per heavy atom. The molecule has 0 fully saturated rings. The minimum atomic E-state index is -0.164. The Hall–Kier alpha value is -3.93. The number of nitrogens with one attached hydrogen (secondary N) is 2. The van der Waals surface area contributed by atoms with Gasteiger partial charge >= 0.3 is 0 Å². The molecule has 0 aliphatic heterocycles. The summed E-state index contributed by atoms with van der Waals surface area (Å²) in [6.45, 7) is 4.29. The van der Waals surface area contributed by atoms with Gasteiger partial charge in [-0.2, -0.15) is 0 Å². The molecule has 4 aromatic rings. The van der Waals surface area contributed by atoms with Gasteiger partial charge in [0.2, 0.25) is 5.91 Å². The van der Waals surface area contributed by atoms with Gasteiger partial charge < -0.3 is 15.2 Å². The number of fused-ring (bicyclic) bond motifs is 1. The van der Waals surface area contributed by atoms with Gasteiger partial charge in [-0.15, -0.1) is 0 Å². The topological polar surface area (TPSA) is 76.0 Å². The van der Waals surface area contributed by atoms with Crippen LogP contribution in [0.1, 0.15) is 34.2 Å². The standard InChI is InChI=1S/C26H26N4O2/c1-3-19-11-5-7-13-21(19)29-25(31)17-30-23-15-9-8-14-22(23)28-24(30)16-27-26(32)20-12-6-4-10-18(20)2/h4-15H,3,16-17H2,1-2H3,(H,27,32)(H,29,31). The molecular formula is C26H26N4O2. The van der Waals surface area contributed by atoms with E-state index >= 15 is 0 Å². The minimum absolute atomic E-state index is 0.105. The molecule has 1 heterocycles. The molecule has 0 atom stereocenters. The fourth-order valence-electron chi connectivity index (χ4n) is 3.80. The summed E-state index contributed by atoms with van der Waals surface area (Å²) in [5, 5.41) is 5.96. The molecule has 0 saturated carbocycles. The van der Waals surface area contributed by atoms with Gasteiger partial charge in [-0.3, -0.25) is 9.59 Å². The van der Waals surface area contributed by atoms with Crippen LogP contribution in [0.25, 0.3) is 11.0 Å². The summed E-state index contributed by atoms with van der Waals surface area (Å²) in [5.74, 6) is 0.329. The van der Waals surface area contributed by atoms with Gasteiger partial charge in [-0.1, -0.05) is 55.5 Å².